The highest BCUT2D eigenvalue weighted by molar-refractivity contribution is 5.78. The molecule has 1 aromatic rings. The Bertz CT molecular complexity index is 535. The van der Waals surface area contributed by atoms with Gasteiger partial charge in [-0.25, -0.2) is 0 Å². The fourth-order valence-corrected chi connectivity index (χ4v) is 4.33. The van der Waals surface area contributed by atoms with Crippen LogP contribution in [0.15, 0.2) is 12.4 Å². The summed E-state index contributed by atoms with van der Waals surface area (Å²) in [5, 5.41) is 4.59. The van der Waals surface area contributed by atoms with Crippen molar-refractivity contribution >= 4 is 5.78 Å². The van der Waals surface area contributed by atoms with Crippen LogP contribution in [0, 0.1) is 11.8 Å². The zero-order valence-corrected chi connectivity index (χ0v) is 15.6. The molecule has 0 aromatic carbocycles. The fourth-order valence-electron chi connectivity index (χ4n) is 4.33. The van der Waals surface area contributed by atoms with E-state index in [9.17, 15) is 4.79 Å². The van der Waals surface area contributed by atoms with Crippen LogP contribution in [-0.4, -0.2) is 40.1 Å². The molecule has 0 amide bonds. The lowest BCUT2D eigenvalue weighted by atomic mass is 9.80. The molecule has 0 bridgehead atoms. The maximum atomic E-state index is 11.5. The molecule has 1 aliphatic carbocycles. The van der Waals surface area contributed by atoms with E-state index in [2.05, 4.69) is 34.7 Å². The number of aromatic nitrogens is 2. The van der Waals surface area contributed by atoms with Crippen molar-refractivity contribution in [1.82, 2.24) is 14.7 Å². The predicted octanol–water partition coefficient (Wildman–Crippen LogP) is 4.04. The molecule has 0 spiro atoms. The average Bonchev–Trinajstić information content (AvgIpc) is 3.06. The minimum absolute atomic E-state index is 0.349. The summed E-state index contributed by atoms with van der Waals surface area (Å²) in [4.78, 5) is 14.1. The summed E-state index contributed by atoms with van der Waals surface area (Å²) in [6.07, 6.45) is 11.4. The number of hydrogen-bond donors (Lipinski definition) is 0. The van der Waals surface area contributed by atoms with Gasteiger partial charge in [0.15, 0.2) is 0 Å². The Labute approximate surface area is 146 Å². The van der Waals surface area contributed by atoms with Crippen molar-refractivity contribution in [3.05, 3.63) is 18.0 Å². The zero-order chi connectivity index (χ0) is 17.1. The van der Waals surface area contributed by atoms with E-state index < -0.39 is 0 Å². The first kappa shape index (κ1) is 17.7. The molecule has 1 aromatic heterocycles. The lowest BCUT2D eigenvalue weighted by molar-refractivity contribution is -0.121. The normalized spacial score (nSPS) is 26.8. The first-order valence-electron chi connectivity index (χ1n) is 9.79. The van der Waals surface area contributed by atoms with Gasteiger partial charge in [0.2, 0.25) is 0 Å². The monoisotopic (exact) mass is 331 g/mol. The molecular weight excluding hydrogens is 298 g/mol. The Morgan fingerprint density at radius 1 is 1.17 bits per heavy atom. The van der Waals surface area contributed by atoms with E-state index in [1.54, 1.807) is 6.92 Å². The van der Waals surface area contributed by atoms with Crippen molar-refractivity contribution in [3.63, 3.8) is 0 Å². The van der Waals surface area contributed by atoms with Gasteiger partial charge in [-0.05, 0) is 62.8 Å². The van der Waals surface area contributed by atoms with Gasteiger partial charge in [-0.3, -0.25) is 9.48 Å². The number of likely N-dealkylation sites (tertiary alicyclic amines) is 1. The van der Waals surface area contributed by atoms with Crippen molar-refractivity contribution in [2.75, 3.05) is 19.6 Å². The third-order valence-electron chi connectivity index (χ3n) is 6.16. The van der Waals surface area contributed by atoms with Crippen molar-refractivity contribution in [1.29, 1.82) is 0 Å². The first-order chi connectivity index (χ1) is 11.5. The van der Waals surface area contributed by atoms with Crippen LogP contribution in [0.4, 0.5) is 0 Å². The molecule has 4 heteroatoms. The van der Waals surface area contributed by atoms with E-state index in [4.69, 9.17) is 0 Å². The largest absolute Gasteiger partial charge is 0.303 e. The van der Waals surface area contributed by atoms with Crippen molar-refractivity contribution < 1.29 is 4.79 Å². The molecule has 2 fully saturated rings. The third-order valence-corrected chi connectivity index (χ3v) is 6.16. The number of Topliss-reactive ketones (excluding diaryl/α,β-unsaturated/α-hetero) is 1. The van der Waals surface area contributed by atoms with Crippen LogP contribution in [0.5, 0.6) is 0 Å². The summed E-state index contributed by atoms with van der Waals surface area (Å²) in [6.45, 7) is 9.82. The zero-order valence-electron chi connectivity index (χ0n) is 15.6. The minimum Gasteiger partial charge on any atom is -0.303 e. The summed E-state index contributed by atoms with van der Waals surface area (Å²) in [7, 11) is 0. The van der Waals surface area contributed by atoms with Gasteiger partial charge >= 0.3 is 0 Å². The van der Waals surface area contributed by atoms with E-state index in [1.807, 2.05) is 6.20 Å². The summed E-state index contributed by atoms with van der Waals surface area (Å²) in [5.74, 6) is 2.11. The molecule has 1 saturated carbocycles. The highest BCUT2D eigenvalue weighted by atomic mass is 16.1. The lowest BCUT2D eigenvalue weighted by Crippen LogP contribution is -2.39. The van der Waals surface area contributed by atoms with Crippen molar-refractivity contribution in [2.45, 2.75) is 71.3 Å². The minimum atomic E-state index is 0.349. The molecule has 2 aliphatic rings. The van der Waals surface area contributed by atoms with Gasteiger partial charge in [0.05, 0.1) is 12.2 Å². The number of carbonyl (C=O) groups excluding carboxylic acids is 1. The lowest BCUT2D eigenvalue weighted by Gasteiger charge is -2.36. The Kier molecular flexibility index (Phi) is 5.75. The highest BCUT2D eigenvalue weighted by Crippen LogP contribution is 2.31. The SMILES string of the molecule is CC(=O)C1CCC(CN2CCC(n3cc(C(C)C)cn3)CC2)CC1. The molecule has 0 atom stereocenters. The summed E-state index contributed by atoms with van der Waals surface area (Å²) < 4.78 is 2.20. The van der Waals surface area contributed by atoms with E-state index in [0.29, 0.717) is 23.7 Å². The number of rotatable bonds is 5. The second-order valence-corrected chi connectivity index (χ2v) is 8.27. The van der Waals surface area contributed by atoms with Gasteiger partial charge in [0, 0.05) is 31.7 Å². The number of carbonyl (C=O) groups is 1. The van der Waals surface area contributed by atoms with Gasteiger partial charge in [-0.1, -0.05) is 13.8 Å². The second kappa shape index (κ2) is 7.81. The van der Waals surface area contributed by atoms with Gasteiger partial charge in [-0.15, -0.1) is 0 Å². The molecule has 0 radical (unpaired) electrons. The summed E-state index contributed by atoms with van der Waals surface area (Å²) >= 11 is 0. The van der Waals surface area contributed by atoms with E-state index >= 15 is 0 Å². The Morgan fingerprint density at radius 2 is 1.83 bits per heavy atom. The van der Waals surface area contributed by atoms with E-state index in [0.717, 1.165) is 18.8 Å². The van der Waals surface area contributed by atoms with Crippen LogP contribution < -0.4 is 0 Å². The van der Waals surface area contributed by atoms with E-state index in [1.165, 1.54) is 50.9 Å². The molecule has 2 heterocycles. The molecule has 1 saturated heterocycles. The molecule has 0 N–H and O–H groups in total. The molecule has 3 rings (SSSR count). The molecule has 24 heavy (non-hydrogen) atoms. The van der Waals surface area contributed by atoms with Crippen LogP contribution in [0.2, 0.25) is 0 Å². The predicted molar refractivity (Wildman–Crippen MR) is 97.2 cm³/mol. The Balaban J connectivity index is 1.43. The van der Waals surface area contributed by atoms with Crippen LogP contribution in [0.25, 0.3) is 0 Å². The van der Waals surface area contributed by atoms with E-state index in [-0.39, 0.29) is 0 Å². The first-order valence-corrected chi connectivity index (χ1v) is 9.79. The molecule has 134 valence electrons. The second-order valence-electron chi connectivity index (χ2n) is 8.27. The standard InChI is InChI=1S/C20H33N3O/c1-15(2)19-12-21-23(14-19)20-8-10-22(11-9-20)13-17-4-6-18(7-5-17)16(3)24/h12,14-15,17-18,20H,4-11,13H2,1-3H3. The van der Waals surface area contributed by atoms with Gasteiger partial charge in [-0.2, -0.15) is 5.10 Å². The van der Waals surface area contributed by atoms with Crippen LogP contribution >= 0.6 is 0 Å². The van der Waals surface area contributed by atoms with Crippen LogP contribution in [-0.2, 0) is 4.79 Å². The highest BCUT2D eigenvalue weighted by Gasteiger charge is 2.27. The Morgan fingerprint density at radius 3 is 2.38 bits per heavy atom. The third kappa shape index (κ3) is 4.27. The maximum absolute atomic E-state index is 11.5. The number of hydrogen-bond acceptors (Lipinski definition) is 3. The number of piperidine rings is 1. The summed E-state index contributed by atoms with van der Waals surface area (Å²) in [6, 6.07) is 0.571. The molecular formula is C20H33N3O. The fraction of sp³-hybridized carbons (Fsp3) is 0.800. The van der Waals surface area contributed by atoms with Crippen LogP contribution in [0.3, 0.4) is 0 Å². The number of nitrogens with zero attached hydrogens (tertiary/aromatic N) is 3. The average molecular weight is 332 g/mol. The Hall–Kier alpha value is -1.16. The van der Waals surface area contributed by atoms with Crippen LogP contribution in [0.1, 0.15) is 76.8 Å². The summed E-state index contributed by atoms with van der Waals surface area (Å²) in [5.41, 5.74) is 1.35. The molecule has 0 unspecified atom stereocenters. The quantitative estimate of drug-likeness (QED) is 0.817. The van der Waals surface area contributed by atoms with Gasteiger partial charge < -0.3 is 4.90 Å². The van der Waals surface area contributed by atoms with Gasteiger partial charge in [0.25, 0.3) is 0 Å². The smallest absolute Gasteiger partial charge is 0.132 e. The van der Waals surface area contributed by atoms with Gasteiger partial charge in [0.1, 0.15) is 5.78 Å². The number of ketones is 1. The van der Waals surface area contributed by atoms with Crippen molar-refractivity contribution in [3.8, 4) is 0 Å². The molecule has 1 aliphatic heterocycles. The van der Waals surface area contributed by atoms with Crippen molar-refractivity contribution in [2.24, 2.45) is 11.8 Å². The topological polar surface area (TPSA) is 38.1 Å². The molecule has 4 nitrogen and oxygen atoms in total. The maximum Gasteiger partial charge on any atom is 0.132 e.